The van der Waals surface area contributed by atoms with Gasteiger partial charge in [0.25, 0.3) is 0 Å². The highest BCUT2D eigenvalue weighted by atomic mass is 127. The molecular weight excluding hydrogens is 471 g/mol. The second-order valence-electron chi connectivity index (χ2n) is 4.82. The minimum absolute atomic E-state index is 0. The van der Waals surface area contributed by atoms with Gasteiger partial charge >= 0.3 is 6.18 Å². The van der Waals surface area contributed by atoms with E-state index in [4.69, 9.17) is 0 Å². The van der Waals surface area contributed by atoms with Crippen molar-refractivity contribution in [2.75, 3.05) is 13.6 Å². The van der Waals surface area contributed by atoms with Crippen molar-refractivity contribution in [1.82, 2.24) is 15.6 Å². The summed E-state index contributed by atoms with van der Waals surface area (Å²) in [6, 6.07) is 6.46. The molecule has 0 spiro atoms. The van der Waals surface area contributed by atoms with E-state index in [1.165, 1.54) is 6.07 Å². The van der Waals surface area contributed by atoms with E-state index in [0.29, 0.717) is 29.5 Å². The fourth-order valence-electron chi connectivity index (χ4n) is 1.92. The molecule has 0 unspecified atom stereocenters. The molecule has 2 N–H and O–H groups in total. The van der Waals surface area contributed by atoms with E-state index in [-0.39, 0.29) is 36.3 Å². The molecule has 0 aliphatic carbocycles. The van der Waals surface area contributed by atoms with Crippen LogP contribution in [-0.4, -0.2) is 24.5 Å². The molecule has 0 atom stereocenters. The van der Waals surface area contributed by atoms with Crippen LogP contribution in [0.3, 0.4) is 0 Å². The van der Waals surface area contributed by atoms with Crippen molar-refractivity contribution in [3.8, 4) is 0 Å². The molecule has 1 aromatic heterocycles. The maximum atomic E-state index is 13.5. The molecule has 25 heavy (non-hydrogen) atoms. The van der Waals surface area contributed by atoms with Crippen molar-refractivity contribution < 1.29 is 17.6 Å². The molecular formula is C15H17F4IN4S. The minimum Gasteiger partial charge on any atom is -0.356 e. The SMILES string of the molecule is CN=C(NCCc1ccccc1F)NCc1nc(C(F)(F)F)cs1.I. The molecule has 1 heterocycles. The van der Waals surface area contributed by atoms with Gasteiger partial charge in [-0.15, -0.1) is 35.3 Å². The van der Waals surface area contributed by atoms with Crippen molar-refractivity contribution in [1.29, 1.82) is 0 Å². The van der Waals surface area contributed by atoms with Crippen LogP contribution < -0.4 is 10.6 Å². The highest BCUT2D eigenvalue weighted by molar-refractivity contribution is 14.0. The van der Waals surface area contributed by atoms with Crippen LogP contribution in [0.2, 0.25) is 0 Å². The zero-order valence-electron chi connectivity index (χ0n) is 13.2. The number of rotatable bonds is 5. The monoisotopic (exact) mass is 488 g/mol. The van der Waals surface area contributed by atoms with Gasteiger partial charge in [-0.2, -0.15) is 13.2 Å². The number of guanidine groups is 1. The van der Waals surface area contributed by atoms with Gasteiger partial charge in [0.2, 0.25) is 0 Å². The van der Waals surface area contributed by atoms with Crippen LogP contribution in [0.15, 0.2) is 34.6 Å². The maximum Gasteiger partial charge on any atom is 0.434 e. The van der Waals surface area contributed by atoms with Gasteiger partial charge in [0.15, 0.2) is 11.7 Å². The first kappa shape index (κ1) is 21.6. The fourth-order valence-corrected chi connectivity index (χ4v) is 2.66. The molecule has 4 nitrogen and oxygen atoms in total. The second-order valence-corrected chi connectivity index (χ2v) is 5.76. The third-order valence-corrected chi connectivity index (χ3v) is 3.97. The number of alkyl halides is 3. The first-order valence-corrected chi connectivity index (χ1v) is 7.97. The average molecular weight is 488 g/mol. The Morgan fingerprint density at radius 2 is 1.96 bits per heavy atom. The lowest BCUT2D eigenvalue weighted by atomic mass is 10.1. The summed E-state index contributed by atoms with van der Waals surface area (Å²) in [5, 5.41) is 7.14. The van der Waals surface area contributed by atoms with E-state index < -0.39 is 11.9 Å². The molecule has 0 fully saturated rings. The Labute approximate surface area is 163 Å². The molecule has 0 saturated carbocycles. The Balaban J connectivity index is 0.00000312. The summed E-state index contributed by atoms with van der Waals surface area (Å²) < 4.78 is 50.9. The summed E-state index contributed by atoms with van der Waals surface area (Å²) in [5.74, 6) is 0.139. The van der Waals surface area contributed by atoms with Crippen LogP contribution in [-0.2, 0) is 19.1 Å². The van der Waals surface area contributed by atoms with E-state index >= 15 is 0 Å². The number of aliphatic imine (C=N–C) groups is 1. The first-order chi connectivity index (χ1) is 11.4. The van der Waals surface area contributed by atoms with Gasteiger partial charge in [0.05, 0.1) is 6.54 Å². The third-order valence-electron chi connectivity index (χ3n) is 3.12. The smallest absolute Gasteiger partial charge is 0.356 e. The first-order valence-electron chi connectivity index (χ1n) is 7.09. The predicted octanol–water partition coefficient (Wildman–Crippen LogP) is 3.83. The minimum atomic E-state index is -4.44. The summed E-state index contributed by atoms with van der Waals surface area (Å²) in [4.78, 5) is 7.49. The molecule has 0 bridgehead atoms. The van der Waals surface area contributed by atoms with E-state index in [1.54, 1.807) is 25.2 Å². The lowest BCUT2D eigenvalue weighted by Gasteiger charge is -2.11. The van der Waals surface area contributed by atoms with Crippen LogP contribution in [0.5, 0.6) is 0 Å². The van der Waals surface area contributed by atoms with E-state index in [9.17, 15) is 17.6 Å². The van der Waals surface area contributed by atoms with Crippen LogP contribution >= 0.6 is 35.3 Å². The van der Waals surface area contributed by atoms with Gasteiger partial charge < -0.3 is 10.6 Å². The fraction of sp³-hybridized carbons (Fsp3) is 0.333. The number of halogens is 5. The van der Waals surface area contributed by atoms with Crippen molar-refractivity contribution >= 4 is 41.3 Å². The molecule has 2 aromatic rings. The van der Waals surface area contributed by atoms with Gasteiger partial charge in [-0.25, -0.2) is 9.37 Å². The van der Waals surface area contributed by atoms with E-state index in [1.807, 2.05) is 0 Å². The number of nitrogens with zero attached hydrogens (tertiary/aromatic N) is 2. The van der Waals surface area contributed by atoms with Crippen LogP contribution in [0.25, 0.3) is 0 Å². The van der Waals surface area contributed by atoms with Gasteiger partial charge in [-0.3, -0.25) is 4.99 Å². The van der Waals surface area contributed by atoms with Gasteiger partial charge in [0.1, 0.15) is 10.8 Å². The van der Waals surface area contributed by atoms with Crippen molar-refractivity contribution in [3.63, 3.8) is 0 Å². The molecule has 0 saturated heterocycles. The summed E-state index contributed by atoms with van der Waals surface area (Å²) >= 11 is 0.926. The normalized spacial score (nSPS) is 11.8. The van der Waals surface area contributed by atoms with Gasteiger partial charge in [-0.1, -0.05) is 18.2 Å². The lowest BCUT2D eigenvalue weighted by Crippen LogP contribution is -2.37. The quantitative estimate of drug-likeness (QED) is 0.291. The number of nitrogens with one attached hydrogen (secondary N) is 2. The zero-order chi connectivity index (χ0) is 17.6. The van der Waals surface area contributed by atoms with E-state index in [0.717, 1.165) is 16.7 Å². The van der Waals surface area contributed by atoms with Crippen molar-refractivity contribution in [2.45, 2.75) is 19.1 Å². The zero-order valence-corrected chi connectivity index (χ0v) is 16.4. The Morgan fingerprint density at radius 3 is 2.56 bits per heavy atom. The Hall–Kier alpha value is -1.43. The van der Waals surface area contributed by atoms with Crippen LogP contribution in [0.4, 0.5) is 17.6 Å². The maximum absolute atomic E-state index is 13.5. The van der Waals surface area contributed by atoms with Gasteiger partial charge in [-0.05, 0) is 18.1 Å². The largest absolute Gasteiger partial charge is 0.434 e. The molecule has 138 valence electrons. The summed E-state index contributed by atoms with van der Waals surface area (Å²) in [6.07, 6.45) is -3.97. The second kappa shape index (κ2) is 9.90. The molecule has 0 aliphatic heterocycles. The highest BCUT2D eigenvalue weighted by Gasteiger charge is 2.33. The Morgan fingerprint density at radius 1 is 1.24 bits per heavy atom. The lowest BCUT2D eigenvalue weighted by molar-refractivity contribution is -0.140. The molecule has 1 aromatic carbocycles. The summed E-state index contributed by atoms with van der Waals surface area (Å²) in [5.41, 5.74) is -0.318. The number of thiazole rings is 1. The molecule has 0 radical (unpaired) electrons. The predicted molar refractivity (Wildman–Crippen MR) is 101 cm³/mol. The van der Waals surface area contributed by atoms with Crippen molar-refractivity contribution in [2.24, 2.45) is 4.99 Å². The standard InChI is InChI=1S/C15H16F4N4S.HI/c1-20-14(21-7-6-10-4-2-3-5-11(10)16)22-8-13-23-12(9-24-13)15(17,18)19;/h2-5,9H,6-8H2,1H3,(H2,20,21,22);1H. The van der Waals surface area contributed by atoms with Gasteiger partial charge in [0, 0.05) is 19.0 Å². The Kier molecular flexibility index (Phi) is 8.56. The molecule has 2 rings (SSSR count). The number of aromatic nitrogens is 1. The van der Waals surface area contributed by atoms with Crippen LogP contribution in [0, 0.1) is 5.82 Å². The Bertz CT molecular complexity index is 703. The summed E-state index contributed by atoms with van der Waals surface area (Å²) in [7, 11) is 1.54. The highest BCUT2D eigenvalue weighted by Crippen LogP contribution is 2.29. The molecule has 10 heteroatoms. The number of benzene rings is 1. The third kappa shape index (κ3) is 6.77. The average Bonchev–Trinajstić information content (AvgIpc) is 3.01. The number of hydrogen-bond acceptors (Lipinski definition) is 3. The van der Waals surface area contributed by atoms with E-state index in [2.05, 4.69) is 20.6 Å². The molecule has 0 aliphatic rings. The molecule has 0 amide bonds. The van der Waals surface area contributed by atoms with Crippen molar-refractivity contribution in [3.05, 3.63) is 51.7 Å². The van der Waals surface area contributed by atoms with Crippen LogP contribution in [0.1, 0.15) is 16.3 Å². The topological polar surface area (TPSA) is 49.3 Å². The number of hydrogen-bond donors (Lipinski definition) is 2. The summed E-state index contributed by atoms with van der Waals surface area (Å²) in [6.45, 7) is 0.562.